The Hall–Kier alpha value is -5.35. The van der Waals surface area contributed by atoms with Crippen molar-refractivity contribution in [2.45, 2.75) is 38.8 Å². The van der Waals surface area contributed by atoms with E-state index in [1.807, 2.05) is 78.9 Å². The largest absolute Gasteiger partial charge is 0.310 e. The van der Waals surface area contributed by atoms with Crippen molar-refractivity contribution in [2.24, 2.45) is 0 Å². The van der Waals surface area contributed by atoms with Gasteiger partial charge in [-0.2, -0.15) is 0 Å². The number of hydrogen-bond donors (Lipinski definition) is 1. The van der Waals surface area contributed by atoms with Crippen LogP contribution in [0.3, 0.4) is 0 Å². The second-order valence-electron chi connectivity index (χ2n) is 13.4. The van der Waals surface area contributed by atoms with E-state index in [2.05, 4.69) is 61.2 Å². The molecule has 4 heteroatoms. The van der Waals surface area contributed by atoms with Crippen molar-refractivity contribution in [3.8, 4) is 0 Å². The molecule has 46 heavy (non-hydrogen) atoms. The molecule has 1 aliphatic carbocycles. The third kappa shape index (κ3) is 4.17. The number of Topliss-reactive ketones (excluding diaryl/α,β-unsaturated/α-hetero) is 1. The van der Waals surface area contributed by atoms with Crippen LogP contribution in [0.1, 0.15) is 65.9 Å². The molecule has 0 saturated heterocycles. The summed E-state index contributed by atoms with van der Waals surface area (Å²) >= 11 is 0. The Morgan fingerprint density at radius 1 is 0.739 bits per heavy atom. The van der Waals surface area contributed by atoms with Crippen molar-refractivity contribution >= 4 is 56.2 Å². The Kier molecular flexibility index (Phi) is 6.01. The van der Waals surface area contributed by atoms with Gasteiger partial charge in [-0.1, -0.05) is 80.6 Å². The van der Waals surface area contributed by atoms with Crippen molar-refractivity contribution < 1.29 is 9.18 Å². The third-order valence-electron chi connectivity index (χ3n) is 9.72. The minimum atomic E-state index is -1.47. The van der Waals surface area contributed by atoms with Crippen molar-refractivity contribution in [3.63, 3.8) is 0 Å². The SMILES string of the molecule is CC(C)(F)c1ccc2c(c1)C(C)(C)c1c(ccc3cc(/C=C4/C(=N)c5cc6ccccc6cc5C4=O)ccc13)N2c1ccccc1. The Labute approximate surface area is 268 Å². The zero-order valence-corrected chi connectivity index (χ0v) is 26.3. The van der Waals surface area contributed by atoms with Gasteiger partial charge in [0.15, 0.2) is 5.78 Å². The molecule has 3 nitrogen and oxygen atoms in total. The van der Waals surface area contributed by atoms with Gasteiger partial charge in [-0.3, -0.25) is 10.2 Å². The summed E-state index contributed by atoms with van der Waals surface area (Å²) in [6, 6.07) is 38.7. The summed E-state index contributed by atoms with van der Waals surface area (Å²) in [6.45, 7) is 7.65. The maximum atomic E-state index is 15.3. The highest BCUT2D eigenvalue weighted by Crippen LogP contribution is 2.54. The molecule has 224 valence electrons. The summed E-state index contributed by atoms with van der Waals surface area (Å²) in [5.41, 5.74) is 6.98. The fourth-order valence-electron chi connectivity index (χ4n) is 7.33. The number of carbonyl (C=O) groups excluding carboxylic acids is 1. The monoisotopic (exact) mass is 600 g/mol. The normalized spacial score (nSPS) is 16.2. The van der Waals surface area contributed by atoms with E-state index in [1.54, 1.807) is 13.8 Å². The van der Waals surface area contributed by atoms with Crippen LogP contribution < -0.4 is 4.90 Å². The minimum absolute atomic E-state index is 0.112. The highest BCUT2D eigenvalue weighted by atomic mass is 19.1. The van der Waals surface area contributed by atoms with Crippen LogP contribution in [0.5, 0.6) is 0 Å². The van der Waals surface area contributed by atoms with E-state index in [9.17, 15) is 4.79 Å². The lowest BCUT2D eigenvalue weighted by molar-refractivity contribution is 0.104. The smallest absolute Gasteiger partial charge is 0.195 e. The summed E-state index contributed by atoms with van der Waals surface area (Å²) < 4.78 is 15.3. The number of halogens is 1. The van der Waals surface area contributed by atoms with Gasteiger partial charge in [0, 0.05) is 27.8 Å². The first-order chi connectivity index (χ1) is 22.0. The van der Waals surface area contributed by atoms with Crippen LogP contribution in [0.15, 0.2) is 121 Å². The Morgan fingerprint density at radius 2 is 1.41 bits per heavy atom. The van der Waals surface area contributed by atoms with Crippen LogP contribution in [-0.4, -0.2) is 11.5 Å². The highest BCUT2D eigenvalue weighted by molar-refractivity contribution is 6.42. The van der Waals surface area contributed by atoms with Crippen LogP contribution in [-0.2, 0) is 11.1 Å². The first-order valence-electron chi connectivity index (χ1n) is 15.7. The molecule has 1 heterocycles. The van der Waals surface area contributed by atoms with E-state index in [-0.39, 0.29) is 11.5 Å². The maximum Gasteiger partial charge on any atom is 0.195 e. The van der Waals surface area contributed by atoms with Crippen LogP contribution in [0, 0.1) is 5.41 Å². The van der Waals surface area contributed by atoms with Crippen LogP contribution in [0.2, 0.25) is 0 Å². The number of fused-ring (bicyclic) bond motifs is 6. The van der Waals surface area contributed by atoms with E-state index in [4.69, 9.17) is 5.41 Å². The summed E-state index contributed by atoms with van der Waals surface area (Å²) in [5, 5.41) is 13.1. The lowest BCUT2D eigenvalue weighted by atomic mass is 9.71. The number of nitrogens with one attached hydrogen (secondary N) is 1. The molecule has 2 aliphatic rings. The summed E-state index contributed by atoms with van der Waals surface area (Å²) in [6.07, 6.45) is 1.85. The van der Waals surface area contributed by atoms with Gasteiger partial charge in [-0.25, -0.2) is 4.39 Å². The molecule has 0 amide bonds. The first-order valence-corrected chi connectivity index (χ1v) is 15.7. The molecular formula is C42H33FN2O. The molecule has 0 fully saturated rings. The molecule has 0 unspecified atom stereocenters. The Balaban J connectivity index is 1.28. The molecule has 8 rings (SSSR count). The predicted molar refractivity (Wildman–Crippen MR) is 188 cm³/mol. The van der Waals surface area contributed by atoms with Gasteiger partial charge in [0.25, 0.3) is 0 Å². The number of alkyl halides is 1. The lowest BCUT2D eigenvalue weighted by Crippen LogP contribution is -2.31. The molecular weight excluding hydrogens is 567 g/mol. The molecule has 0 bridgehead atoms. The van der Waals surface area contributed by atoms with Gasteiger partial charge in [-0.15, -0.1) is 0 Å². The zero-order chi connectivity index (χ0) is 32.0. The number of hydrogen-bond acceptors (Lipinski definition) is 3. The van der Waals surface area contributed by atoms with E-state index >= 15 is 4.39 Å². The van der Waals surface area contributed by atoms with Crippen LogP contribution >= 0.6 is 0 Å². The van der Waals surface area contributed by atoms with E-state index in [0.29, 0.717) is 22.3 Å². The molecule has 6 aromatic rings. The molecule has 0 radical (unpaired) electrons. The number of benzene rings is 6. The predicted octanol–water partition coefficient (Wildman–Crippen LogP) is 11.0. The van der Waals surface area contributed by atoms with E-state index in [0.717, 1.165) is 55.3 Å². The molecule has 1 aliphatic heterocycles. The van der Waals surface area contributed by atoms with Crippen molar-refractivity contribution in [3.05, 3.63) is 154 Å². The third-order valence-corrected chi connectivity index (χ3v) is 9.72. The van der Waals surface area contributed by atoms with Crippen molar-refractivity contribution in [1.82, 2.24) is 0 Å². The lowest BCUT2D eigenvalue weighted by Gasteiger charge is -2.43. The molecule has 0 saturated carbocycles. The van der Waals surface area contributed by atoms with E-state index < -0.39 is 11.1 Å². The van der Waals surface area contributed by atoms with Gasteiger partial charge in [0.2, 0.25) is 0 Å². The number of nitrogens with zero attached hydrogens (tertiary/aromatic N) is 1. The zero-order valence-electron chi connectivity index (χ0n) is 26.3. The summed E-state index contributed by atoms with van der Waals surface area (Å²) in [5.74, 6) is -0.112. The number of carbonyl (C=O) groups is 1. The fourth-order valence-corrected chi connectivity index (χ4v) is 7.33. The summed E-state index contributed by atoms with van der Waals surface area (Å²) in [4.78, 5) is 15.8. The average molecular weight is 601 g/mol. The topological polar surface area (TPSA) is 44.2 Å². The minimum Gasteiger partial charge on any atom is -0.310 e. The van der Waals surface area contributed by atoms with E-state index in [1.165, 1.54) is 0 Å². The number of ketones is 1. The quantitative estimate of drug-likeness (QED) is 0.205. The molecule has 0 atom stereocenters. The van der Waals surface area contributed by atoms with Crippen LogP contribution in [0.25, 0.3) is 27.6 Å². The second-order valence-corrected chi connectivity index (χ2v) is 13.4. The van der Waals surface area contributed by atoms with Gasteiger partial charge >= 0.3 is 0 Å². The molecule has 1 N–H and O–H groups in total. The highest BCUT2D eigenvalue weighted by Gasteiger charge is 2.39. The standard InChI is InChI=1S/C42H33FN2O/c1-41(2)35-24-29(42(3,4)43)16-19-36(35)45(30-12-6-5-7-13-30)37-18-15-28-20-25(14-17-31(28)38(37)41)21-34-39(44)32-22-26-10-8-9-11-27(26)23-33(32)40(34)46/h5-24,44H,1-4H3/b34-21-,44-39?. The number of rotatable bonds is 3. The van der Waals surface area contributed by atoms with Gasteiger partial charge in [-0.05, 0) is 112 Å². The second kappa shape index (κ2) is 9.82. The number of anilines is 3. The van der Waals surface area contributed by atoms with Gasteiger partial charge in [0.05, 0.1) is 17.1 Å². The summed E-state index contributed by atoms with van der Waals surface area (Å²) in [7, 11) is 0. The van der Waals surface area contributed by atoms with Crippen LogP contribution in [0.4, 0.5) is 21.5 Å². The van der Waals surface area contributed by atoms with Crippen molar-refractivity contribution in [2.75, 3.05) is 4.90 Å². The Morgan fingerprint density at radius 3 is 2.13 bits per heavy atom. The molecule has 0 aromatic heterocycles. The van der Waals surface area contributed by atoms with Gasteiger partial charge in [0.1, 0.15) is 5.67 Å². The average Bonchev–Trinajstić information content (AvgIpc) is 3.27. The maximum absolute atomic E-state index is 15.3. The fraction of sp³-hybridized carbons (Fsp3) is 0.143. The molecule has 0 spiro atoms. The number of para-hydroxylation sites is 1. The van der Waals surface area contributed by atoms with Crippen molar-refractivity contribution in [1.29, 1.82) is 5.41 Å². The molecule has 6 aromatic carbocycles. The van der Waals surface area contributed by atoms with Gasteiger partial charge < -0.3 is 4.90 Å². The first kappa shape index (κ1) is 28.1. The Bertz CT molecular complexity index is 2250. The number of allylic oxidation sites excluding steroid dienone is 1.